The van der Waals surface area contributed by atoms with Crippen LogP contribution in [0.5, 0.6) is 17.2 Å². The molecule has 0 spiro atoms. The van der Waals surface area contributed by atoms with Gasteiger partial charge in [0, 0.05) is 42.6 Å². The van der Waals surface area contributed by atoms with Crippen molar-refractivity contribution in [1.82, 2.24) is 9.80 Å². The molecule has 0 aromatic heterocycles. The highest BCUT2D eigenvalue weighted by Gasteiger charge is 2.34. The Morgan fingerprint density at radius 2 is 1.63 bits per heavy atom. The first kappa shape index (κ1) is 29.5. The van der Waals surface area contributed by atoms with Crippen LogP contribution in [0.3, 0.4) is 0 Å². The molecule has 2 heterocycles. The normalized spacial score (nSPS) is 18.0. The van der Waals surface area contributed by atoms with Crippen LogP contribution >= 0.6 is 0 Å². The van der Waals surface area contributed by atoms with Crippen molar-refractivity contribution in [3.63, 3.8) is 0 Å². The third-order valence-electron chi connectivity index (χ3n) is 7.38. The second kappa shape index (κ2) is 12.9. The average Bonchev–Trinajstić information content (AvgIpc) is 3.47. The van der Waals surface area contributed by atoms with E-state index in [1.165, 1.54) is 4.90 Å². The quantitative estimate of drug-likeness (QED) is 0.319. The van der Waals surface area contributed by atoms with E-state index < -0.39 is 18.2 Å². The van der Waals surface area contributed by atoms with Crippen molar-refractivity contribution < 1.29 is 33.7 Å². The number of fused-ring (bicyclic) bond motifs is 2. The SMILES string of the molecule is C[C@@H]1CN([C@H](C)CO)C(=O)c2cc(NC(=O)Nc3ccc4c(c3)OCO4)ccc2O[C@H]1CN(C)C(=O)Nc1ccccc1. The Morgan fingerprint density at radius 3 is 2.35 bits per heavy atom. The fourth-order valence-electron chi connectivity index (χ4n) is 4.88. The van der Waals surface area contributed by atoms with Gasteiger partial charge in [-0.05, 0) is 49.4 Å². The van der Waals surface area contributed by atoms with Crippen LogP contribution in [-0.4, -0.2) is 78.6 Å². The topological polar surface area (TPSA) is 142 Å². The zero-order valence-electron chi connectivity index (χ0n) is 24.2. The van der Waals surface area contributed by atoms with Crippen LogP contribution < -0.4 is 30.2 Å². The van der Waals surface area contributed by atoms with Gasteiger partial charge in [-0.1, -0.05) is 25.1 Å². The van der Waals surface area contributed by atoms with E-state index in [0.717, 1.165) is 0 Å². The lowest BCUT2D eigenvalue weighted by Crippen LogP contribution is -2.50. The third kappa shape index (κ3) is 6.92. The number of benzene rings is 3. The molecule has 2 aliphatic heterocycles. The summed E-state index contributed by atoms with van der Waals surface area (Å²) in [6.45, 7) is 4.14. The molecular formula is C31H35N5O7. The molecule has 3 aromatic rings. The predicted octanol–water partition coefficient (Wildman–Crippen LogP) is 4.44. The summed E-state index contributed by atoms with van der Waals surface area (Å²) < 4.78 is 17.0. The number of nitrogens with zero attached hydrogens (tertiary/aromatic N) is 2. The fourth-order valence-corrected chi connectivity index (χ4v) is 4.88. The number of rotatable bonds is 7. The molecule has 5 amide bonds. The molecule has 0 aliphatic carbocycles. The van der Waals surface area contributed by atoms with Gasteiger partial charge in [0.1, 0.15) is 11.9 Å². The minimum Gasteiger partial charge on any atom is -0.487 e. The minimum atomic E-state index is -0.517. The fraction of sp³-hybridized carbons (Fsp3) is 0.323. The third-order valence-corrected chi connectivity index (χ3v) is 7.38. The zero-order chi connectivity index (χ0) is 30.5. The lowest BCUT2D eigenvalue weighted by atomic mass is 9.99. The van der Waals surface area contributed by atoms with Crippen molar-refractivity contribution in [2.75, 3.05) is 49.5 Å². The summed E-state index contributed by atoms with van der Waals surface area (Å²) in [6, 6.07) is 17.7. The van der Waals surface area contributed by atoms with E-state index in [4.69, 9.17) is 14.2 Å². The molecule has 3 aromatic carbocycles. The number of nitrogens with one attached hydrogen (secondary N) is 3. The number of ether oxygens (including phenoxy) is 3. The molecule has 2 aliphatic rings. The summed E-state index contributed by atoms with van der Waals surface area (Å²) in [5.74, 6) is 0.936. The number of likely N-dealkylation sites (N-methyl/N-ethyl adjacent to an activating group) is 1. The molecule has 12 heteroatoms. The van der Waals surface area contributed by atoms with E-state index in [2.05, 4.69) is 16.0 Å². The standard InChI is InChI=1S/C31H35N5O7/c1-19-15-36(20(2)17-37)29(38)24-13-22(32-30(39)33-23-10-12-26-27(14-23)42-18-41-26)9-11-25(24)43-28(19)16-35(3)31(40)34-21-7-5-4-6-8-21/h4-14,19-20,28,37H,15-18H2,1-3H3,(H,34,40)(H2,32,33,39)/t19-,20-,28+/m1/s1. The number of aliphatic hydroxyl groups is 1. The van der Waals surface area contributed by atoms with Crippen LogP contribution in [0.1, 0.15) is 24.2 Å². The number of carbonyl (C=O) groups excluding carboxylic acids is 3. The molecule has 0 radical (unpaired) electrons. The Hall–Kier alpha value is -4.97. The average molecular weight is 590 g/mol. The zero-order valence-corrected chi connectivity index (χ0v) is 24.2. The van der Waals surface area contributed by atoms with E-state index in [9.17, 15) is 19.5 Å². The van der Waals surface area contributed by atoms with Crippen LogP contribution in [0.25, 0.3) is 0 Å². The first-order valence-corrected chi connectivity index (χ1v) is 14.0. The van der Waals surface area contributed by atoms with Crippen LogP contribution in [0.4, 0.5) is 26.7 Å². The second-order valence-corrected chi connectivity index (χ2v) is 10.7. The number of amides is 5. The number of hydrogen-bond acceptors (Lipinski definition) is 7. The summed E-state index contributed by atoms with van der Waals surface area (Å²) >= 11 is 0. The van der Waals surface area contributed by atoms with Gasteiger partial charge < -0.3 is 45.1 Å². The smallest absolute Gasteiger partial charge is 0.323 e. The number of hydrogen-bond donors (Lipinski definition) is 4. The molecule has 226 valence electrons. The van der Waals surface area contributed by atoms with Gasteiger partial charge in [-0.3, -0.25) is 4.79 Å². The first-order chi connectivity index (χ1) is 20.7. The first-order valence-electron chi connectivity index (χ1n) is 14.0. The van der Waals surface area contributed by atoms with Gasteiger partial charge in [-0.2, -0.15) is 0 Å². The molecule has 0 saturated carbocycles. The lowest BCUT2D eigenvalue weighted by molar-refractivity contribution is 0.0371. The van der Waals surface area contributed by atoms with Gasteiger partial charge in [0.05, 0.1) is 24.8 Å². The maximum atomic E-state index is 13.7. The van der Waals surface area contributed by atoms with Crippen molar-refractivity contribution in [3.8, 4) is 17.2 Å². The van der Waals surface area contributed by atoms with E-state index in [1.54, 1.807) is 67.4 Å². The van der Waals surface area contributed by atoms with Gasteiger partial charge in [0.25, 0.3) is 5.91 Å². The maximum absolute atomic E-state index is 13.7. The number of urea groups is 2. The molecule has 12 nitrogen and oxygen atoms in total. The summed E-state index contributed by atoms with van der Waals surface area (Å²) in [7, 11) is 1.68. The van der Waals surface area contributed by atoms with Crippen molar-refractivity contribution in [2.45, 2.75) is 26.0 Å². The highest BCUT2D eigenvalue weighted by Crippen LogP contribution is 2.34. The summed E-state index contributed by atoms with van der Waals surface area (Å²) in [6.07, 6.45) is -0.472. The molecule has 0 fully saturated rings. The molecule has 0 saturated heterocycles. The highest BCUT2D eigenvalue weighted by atomic mass is 16.7. The Labute approximate surface area is 249 Å². The van der Waals surface area contributed by atoms with E-state index in [1.807, 2.05) is 25.1 Å². The lowest BCUT2D eigenvalue weighted by Gasteiger charge is -2.38. The largest absolute Gasteiger partial charge is 0.487 e. The molecule has 3 atom stereocenters. The maximum Gasteiger partial charge on any atom is 0.323 e. The molecule has 0 bridgehead atoms. The highest BCUT2D eigenvalue weighted by molar-refractivity contribution is 6.02. The molecule has 43 heavy (non-hydrogen) atoms. The van der Waals surface area contributed by atoms with Crippen molar-refractivity contribution in [2.24, 2.45) is 5.92 Å². The van der Waals surface area contributed by atoms with Gasteiger partial charge >= 0.3 is 12.1 Å². The van der Waals surface area contributed by atoms with Crippen molar-refractivity contribution in [3.05, 3.63) is 72.3 Å². The number of carbonyl (C=O) groups is 3. The van der Waals surface area contributed by atoms with Crippen LogP contribution in [0, 0.1) is 5.92 Å². The van der Waals surface area contributed by atoms with Gasteiger partial charge in [-0.25, -0.2) is 9.59 Å². The van der Waals surface area contributed by atoms with Gasteiger partial charge in [-0.15, -0.1) is 0 Å². The van der Waals surface area contributed by atoms with Crippen molar-refractivity contribution >= 4 is 35.0 Å². The molecular weight excluding hydrogens is 554 g/mol. The molecule has 5 rings (SSSR count). The van der Waals surface area contributed by atoms with E-state index in [0.29, 0.717) is 40.9 Å². The minimum absolute atomic E-state index is 0.124. The second-order valence-electron chi connectivity index (χ2n) is 10.7. The Balaban J connectivity index is 1.34. The van der Waals surface area contributed by atoms with Crippen LogP contribution in [-0.2, 0) is 0 Å². The summed E-state index contributed by atoms with van der Waals surface area (Å²) in [5.41, 5.74) is 1.78. The van der Waals surface area contributed by atoms with Crippen LogP contribution in [0.2, 0.25) is 0 Å². The number of para-hydroxylation sites is 1. The van der Waals surface area contributed by atoms with Gasteiger partial charge in [0.2, 0.25) is 6.79 Å². The summed E-state index contributed by atoms with van der Waals surface area (Å²) in [5, 5.41) is 18.3. The molecule has 0 unspecified atom stereocenters. The number of aliphatic hydroxyl groups excluding tert-OH is 1. The predicted molar refractivity (Wildman–Crippen MR) is 161 cm³/mol. The Bertz CT molecular complexity index is 1480. The van der Waals surface area contributed by atoms with Crippen LogP contribution in [0.15, 0.2) is 66.7 Å². The van der Waals surface area contributed by atoms with E-state index >= 15 is 0 Å². The van der Waals surface area contributed by atoms with Crippen molar-refractivity contribution in [1.29, 1.82) is 0 Å². The van der Waals surface area contributed by atoms with Gasteiger partial charge in [0.15, 0.2) is 11.5 Å². The Morgan fingerprint density at radius 1 is 0.953 bits per heavy atom. The summed E-state index contributed by atoms with van der Waals surface area (Å²) in [4.78, 5) is 42.5. The Kier molecular flexibility index (Phi) is 8.86. The molecule has 4 N–H and O–H groups in total. The number of anilines is 3. The monoisotopic (exact) mass is 589 g/mol. The van der Waals surface area contributed by atoms with E-state index in [-0.39, 0.29) is 43.4 Å².